The molecule has 0 atom stereocenters. The molecule has 0 aliphatic rings. The van der Waals surface area contributed by atoms with Crippen LogP contribution in [-0.2, 0) is 7.05 Å². The molecule has 80 valence electrons. The Morgan fingerprint density at radius 2 is 2.13 bits per heavy atom. The molecule has 0 radical (unpaired) electrons. The van der Waals surface area contributed by atoms with Crippen molar-refractivity contribution >= 4 is 5.78 Å². The van der Waals surface area contributed by atoms with E-state index < -0.39 is 11.3 Å². The number of pyridine rings is 1. The average molecular weight is 207 g/mol. The van der Waals surface area contributed by atoms with Crippen LogP contribution in [0.15, 0.2) is 23.0 Å². The van der Waals surface area contributed by atoms with Gasteiger partial charge in [-0.15, -0.1) is 0 Å². The van der Waals surface area contributed by atoms with Gasteiger partial charge < -0.3 is 9.67 Å². The number of hydrogen-bond donors (Lipinski definition) is 1. The average Bonchev–Trinajstić information content (AvgIpc) is 2.15. The van der Waals surface area contributed by atoms with Crippen molar-refractivity contribution in [2.75, 3.05) is 0 Å². The van der Waals surface area contributed by atoms with E-state index in [2.05, 4.69) is 0 Å². The first kappa shape index (κ1) is 11.2. The number of hydrogen-bond acceptors (Lipinski definition) is 3. The van der Waals surface area contributed by atoms with Gasteiger partial charge in [-0.1, -0.05) is 6.08 Å². The molecule has 0 amide bonds. The minimum atomic E-state index is -0.476. The zero-order valence-electron chi connectivity index (χ0n) is 8.94. The largest absolute Gasteiger partial charge is 0.507 e. The second-order valence-electron chi connectivity index (χ2n) is 3.27. The zero-order valence-corrected chi connectivity index (χ0v) is 8.94. The van der Waals surface area contributed by atoms with E-state index in [1.54, 1.807) is 20.9 Å². The van der Waals surface area contributed by atoms with E-state index >= 15 is 0 Å². The summed E-state index contributed by atoms with van der Waals surface area (Å²) in [5, 5.41) is 9.53. The number of allylic oxidation sites excluding steroid dienone is 2. The minimum absolute atomic E-state index is 0.179. The molecule has 1 heterocycles. The minimum Gasteiger partial charge on any atom is -0.507 e. The first-order chi connectivity index (χ1) is 6.99. The second kappa shape index (κ2) is 4.13. The van der Waals surface area contributed by atoms with Gasteiger partial charge in [-0.3, -0.25) is 9.59 Å². The van der Waals surface area contributed by atoms with Crippen LogP contribution in [0, 0.1) is 6.92 Å². The molecule has 0 aliphatic carbocycles. The van der Waals surface area contributed by atoms with E-state index in [1.807, 2.05) is 0 Å². The Morgan fingerprint density at radius 3 is 2.67 bits per heavy atom. The van der Waals surface area contributed by atoms with E-state index in [4.69, 9.17) is 0 Å². The lowest BCUT2D eigenvalue weighted by molar-refractivity contribution is 0.104. The highest BCUT2D eigenvalue weighted by Crippen LogP contribution is 2.14. The Balaban J connectivity index is 3.50. The summed E-state index contributed by atoms with van der Waals surface area (Å²) in [6.45, 7) is 3.36. The maximum absolute atomic E-state index is 11.7. The van der Waals surface area contributed by atoms with Gasteiger partial charge in [0.1, 0.15) is 11.3 Å². The summed E-state index contributed by atoms with van der Waals surface area (Å²) in [6, 6.07) is 1.40. The van der Waals surface area contributed by atoms with Crippen LogP contribution in [-0.4, -0.2) is 15.5 Å². The van der Waals surface area contributed by atoms with Crippen LogP contribution in [0.4, 0.5) is 0 Å². The molecule has 1 rings (SSSR count). The van der Waals surface area contributed by atoms with Gasteiger partial charge in [0, 0.05) is 18.8 Å². The molecule has 1 aromatic heterocycles. The van der Waals surface area contributed by atoms with Crippen molar-refractivity contribution in [3.05, 3.63) is 39.8 Å². The number of ketones is 1. The summed E-state index contributed by atoms with van der Waals surface area (Å²) in [5.74, 6) is -0.741. The Bertz CT molecular complexity index is 483. The summed E-state index contributed by atoms with van der Waals surface area (Å²) >= 11 is 0. The Morgan fingerprint density at radius 1 is 1.53 bits per heavy atom. The van der Waals surface area contributed by atoms with Crippen LogP contribution in [0.5, 0.6) is 5.75 Å². The summed E-state index contributed by atoms with van der Waals surface area (Å²) in [4.78, 5) is 23.2. The van der Waals surface area contributed by atoms with Crippen LogP contribution in [0.25, 0.3) is 0 Å². The maximum atomic E-state index is 11.7. The predicted octanol–water partition coefficient (Wildman–Crippen LogP) is 1.16. The van der Waals surface area contributed by atoms with Gasteiger partial charge in [-0.25, -0.2) is 0 Å². The van der Waals surface area contributed by atoms with Crippen LogP contribution < -0.4 is 5.56 Å². The van der Waals surface area contributed by atoms with E-state index in [1.165, 1.54) is 22.8 Å². The zero-order chi connectivity index (χ0) is 11.6. The normalized spacial score (nSPS) is 10.9. The number of nitrogens with zero attached hydrogens (tertiary/aromatic N) is 1. The van der Waals surface area contributed by atoms with Gasteiger partial charge >= 0.3 is 0 Å². The molecule has 0 spiro atoms. The number of aromatic nitrogens is 1. The summed E-state index contributed by atoms with van der Waals surface area (Å²) in [6.07, 6.45) is 2.78. The molecule has 1 aromatic rings. The fourth-order valence-electron chi connectivity index (χ4n) is 1.27. The predicted molar refractivity (Wildman–Crippen MR) is 57.2 cm³/mol. The standard InChI is InChI=1S/C11H13NO3/c1-4-5-8(13)10-9(14)6-7(2)12(3)11(10)15/h4-6,14H,1-3H3. The molecule has 0 aromatic carbocycles. The van der Waals surface area contributed by atoms with Crippen molar-refractivity contribution in [3.63, 3.8) is 0 Å². The highest BCUT2D eigenvalue weighted by atomic mass is 16.3. The fraction of sp³-hybridized carbons (Fsp3) is 0.273. The molecule has 0 bridgehead atoms. The topological polar surface area (TPSA) is 59.3 Å². The lowest BCUT2D eigenvalue weighted by Crippen LogP contribution is -2.25. The molecule has 15 heavy (non-hydrogen) atoms. The lowest BCUT2D eigenvalue weighted by Gasteiger charge is -2.06. The third-order valence-electron chi connectivity index (χ3n) is 2.21. The molecular formula is C11H13NO3. The fourth-order valence-corrected chi connectivity index (χ4v) is 1.27. The van der Waals surface area contributed by atoms with Gasteiger partial charge in [-0.2, -0.15) is 0 Å². The molecule has 0 saturated heterocycles. The monoisotopic (exact) mass is 207 g/mol. The molecule has 0 unspecified atom stereocenters. The van der Waals surface area contributed by atoms with Crippen molar-refractivity contribution in [3.8, 4) is 5.75 Å². The van der Waals surface area contributed by atoms with Crippen LogP contribution in [0.2, 0.25) is 0 Å². The van der Waals surface area contributed by atoms with Gasteiger partial charge in [0.2, 0.25) is 0 Å². The summed E-state index contributed by atoms with van der Waals surface area (Å²) in [5.41, 5.74) is -0.0497. The number of rotatable bonds is 2. The number of carbonyl (C=O) groups excluding carboxylic acids is 1. The van der Waals surface area contributed by atoms with Crippen LogP contribution in [0.3, 0.4) is 0 Å². The van der Waals surface area contributed by atoms with Crippen LogP contribution in [0.1, 0.15) is 23.0 Å². The molecule has 4 heteroatoms. The van der Waals surface area contributed by atoms with Gasteiger partial charge in [0.15, 0.2) is 5.78 Å². The third kappa shape index (κ3) is 1.98. The second-order valence-corrected chi connectivity index (χ2v) is 3.27. The SMILES string of the molecule is CC=CC(=O)c1c(O)cc(C)n(C)c1=O. The van der Waals surface area contributed by atoms with Crippen molar-refractivity contribution in [2.24, 2.45) is 7.05 Å². The van der Waals surface area contributed by atoms with Crippen molar-refractivity contribution in [1.82, 2.24) is 4.57 Å². The summed E-state index contributed by atoms with van der Waals surface area (Å²) < 4.78 is 1.33. The maximum Gasteiger partial charge on any atom is 0.265 e. The van der Waals surface area contributed by atoms with E-state index in [0.29, 0.717) is 5.69 Å². The van der Waals surface area contributed by atoms with Crippen LogP contribution >= 0.6 is 0 Å². The Kier molecular flexibility index (Phi) is 3.09. The molecule has 4 nitrogen and oxygen atoms in total. The summed E-state index contributed by atoms with van der Waals surface area (Å²) in [7, 11) is 1.56. The molecule has 1 N–H and O–H groups in total. The quantitative estimate of drug-likeness (QED) is 0.584. The first-order valence-corrected chi connectivity index (χ1v) is 4.55. The molecular weight excluding hydrogens is 194 g/mol. The van der Waals surface area contributed by atoms with E-state index in [9.17, 15) is 14.7 Å². The lowest BCUT2D eigenvalue weighted by atomic mass is 10.1. The number of aryl methyl sites for hydroxylation is 1. The van der Waals surface area contributed by atoms with Gasteiger partial charge in [-0.05, 0) is 19.9 Å². The third-order valence-corrected chi connectivity index (χ3v) is 2.21. The number of carbonyl (C=O) groups is 1. The molecule has 0 saturated carbocycles. The smallest absolute Gasteiger partial charge is 0.265 e. The molecule has 0 fully saturated rings. The van der Waals surface area contributed by atoms with Crippen molar-refractivity contribution < 1.29 is 9.90 Å². The first-order valence-electron chi connectivity index (χ1n) is 4.55. The van der Waals surface area contributed by atoms with E-state index in [0.717, 1.165) is 0 Å². The Labute approximate surface area is 87.5 Å². The van der Waals surface area contributed by atoms with Crippen molar-refractivity contribution in [2.45, 2.75) is 13.8 Å². The Hall–Kier alpha value is -1.84. The molecule has 0 aliphatic heterocycles. The van der Waals surface area contributed by atoms with Gasteiger partial charge in [0.25, 0.3) is 5.56 Å². The highest BCUT2D eigenvalue weighted by Gasteiger charge is 2.15. The van der Waals surface area contributed by atoms with E-state index in [-0.39, 0.29) is 11.3 Å². The van der Waals surface area contributed by atoms with Crippen molar-refractivity contribution in [1.29, 1.82) is 0 Å². The number of aromatic hydroxyl groups is 1. The van der Waals surface area contributed by atoms with Gasteiger partial charge in [0.05, 0.1) is 0 Å². The highest BCUT2D eigenvalue weighted by molar-refractivity contribution is 6.06.